The smallest absolute Gasteiger partial charge is 0.258 e. The van der Waals surface area contributed by atoms with E-state index in [1.165, 1.54) is 12.1 Å². The van der Waals surface area contributed by atoms with Crippen molar-refractivity contribution in [1.82, 2.24) is 14.5 Å². The van der Waals surface area contributed by atoms with Gasteiger partial charge in [-0.15, -0.1) is 0 Å². The van der Waals surface area contributed by atoms with Crippen molar-refractivity contribution in [1.29, 1.82) is 0 Å². The summed E-state index contributed by atoms with van der Waals surface area (Å²) in [5, 5.41) is 0.460. The first-order valence-electron chi connectivity index (χ1n) is 11.5. The maximum absolute atomic E-state index is 13.2. The number of hydrogen-bond donors (Lipinski definition) is 1. The second-order valence-corrected chi connectivity index (χ2v) is 10.4. The zero-order chi connectivity index (χ0) is 24.4. The van der Waals surface area contributed by atoms with Gasteiger partial charge in [-0.25, -0.2) is 23.0 Å². The molecular formula is C26H25ClN5O2S+. The first-order chi connectivity index (χ1) is 17.0. The van der Waals surface area contributed by atoms with Gasteiger partial charge in [0.15, 0.2) is 11.0 Å². The summed E-state index contributed by atoms with van der Waals surface area (Å²) in [6, 6.07) is 21.4. The number of benzene rings is 3. The van der Waals surface area contributed by atoms with Gasteiger partial charge in [0, 0.05) is 5.02 Å². The van der Waals surface area contributed by atoms with Crippen LogP contribution in [-0.2, 0) is 16.6 Å². The molecule has 9 heteroatoms. The van der Waals surface area contributed by atoms with Gasteiger partial charge >= 0.3 is 0 Å². The number of anilines is 1. The number of sulfonamides is 1. The highest BCUT2D eigenvalue weighted by molar-refractivity contribution is 7.92. The molecule has 0 spiro atoms. The Balaban J connectivity index is 1.67. The number of nitrogens with zero attached hydrogens (tertiary/aromatic N) is 4. The van der Waals surface area contributed by atoms with Gasteiger partial charge < -0.3 is 0 Å². The standard InChI is InChI=1S/C26H25ClN5O2S/c1-2-3-8-17-31-18-32(24-12-7-6-11-23(24)31)26-25(28-21-9-4-5-10-22(21)29-26)30-35(33,34)20-15-13-19(27)14-16-20/h4-7,9-16,18H,2-3,8,17H2,1H3,(H,28,30)/q+1. The molecule has 0 radical (unpaired) electrons. The third-order valence-electron chi connectivity index (χ3n) is 5.84. The monoisotopic (exact) mass is 506 g/mol. The van der Waals surface area contributed by atoms with E-state index < -0.39 is 10.0 Å². The minimum Gasteiger partial charge on any atom is -0.258 e. The summed E-state index contributed by atoms with van der Waals surface area (Å²) in [5.74, 6) is 0.562. The predicted octanol–water partition coefficient (Wildman–Crippen LogP) is 5.51. The molecule has 5 rings (SSSR count). The molecule has 0 fully saturated rings. The molecule has 0 amide bonds. The Morgan fingerprint density at radius 3 is 2.34 bits per heavy atom. The molecule has 0 aliphatic rings. The van der Waals surface area contributed by atoms with Crippen molar-refractivity contribution in [2.75, 3.05) is 4.72 Å². The van der Waals surface area contributed by atoms with Crippen LogP contribution in [0, 0.1) is 0 Å². The predicted molar refractivity (Wildman–Crippen MR) is 138 cm³/mol. The van der Waals surface area contributed by atoms with Crippen molar-refractivity contribution in [3.8, 4) is 5.82 Å². The molecule has 7 nitrogen and oxygen atoms in total. The number of unbranched alkanes of at least 4 members (excludes halogenated alkanes) is 2. The second-order valence-electron chi connectivity index (χ2n) is 8.32. The first-order valence-corrected chi connectivity index (χ1v) is 13.4. The van der Waals surface area contributed by atoms with E-state index in [1.54, 1.807) is 12.1 Å². The van der Waals surface area contributed by atoms with Crippen molar-refractivity contribution < 1.29 is 13.0 Å². The SMILES string of the molecule is CCCCC[n+]1cn(-c2nc3ccccc3nc2NS(=O)(=O)c2ccc(Cl)cc2)c2ccccc21. The third kappa shape index (κ3) is 4.72. The highest BCUT2D eigenvalue weighted by Crippen LogP contribution is 2.26. The summed E-state index contributed by atoms with van der Waals surface area (Å²) in [4.78, 5) is 9.59. The van der Waals surface area contributed by atoms with E-state index in [9.17, 15) is 8.42 Å². The van der Waals surface area contributed by atoms with Crippen molar-refractivity contribution in [3.05, 3.63) is 84.1 Å². The number of nitrogens with one attached hydrogen (secondary N) is 1. The average Bonchev–Trinajstić information content (AvgIpc) is 3.22. The van der Waals surface area contributed by atoms with Gasteiger partial charge in [-0.05, 0) is 61.4 Å². The van der Waals surface area contributed by atoms with E-state index in [0.29, 0.717) is 21.9 Å². The number of para-hydroxylation sites is 4. The molecule has 178 valence electrons. The van der Waals surface area contributed by atoms with E-state index in [4.69, 9.17) is 16.6 Å². The van der Waals surface area contributed by atoms with Crippen LogP contribution in [0.2, 0.25) is 5.02 Å². The lowest BCUT2D eigenvalue weighted by Crippen LogP contribution is -2.32. The van der Waals surface area contributed by atoms with Crippen molar-refractivity contribution >= 4 is 49.5 Å². The van der Waals surface area contributed by atoms with Crippen LogP contribution < -0.4 is 9.29 Å². The molecule has 0 aliphatic carbocycles. The fourth-order valence-corrected chi connectivity index (χ4v) is 5.21. The summed E-state index contributed by atoms with van der Waals surface area (Å²) in [5.41, 5.74) is 3.23. The van der Waals surface area contributed by atoms with Crippen LogP contribution in [-0.4, -0.2) is 23.0 Å². The fraction of sp³-hybridized carbons (Fsp3) is 0.192. The van der Waals surface area contributed by atoms with Crippen molar-refractivity contribution in [2.24, 2.45) is 0 Å². The minimum atomic E-state index is -3.92. The zero-order valence-corrected chi connectivity index (χ0v) is 20.8. The molecule has 0 aliphatic heterocycles. The molecule has 3 aromatic carbocycles. The lowest BCUT2D eigenvalue weighted by atomic mass is 10.2. The van der Waals surface area contributed by atoms with Crippen LogP contribution in [0.4, 0.5) is 5.82 Å². The summed E-state index contributed by atoms with van der Waals surface area (Å²) < 4.78 is 33.2. The fourth-order valence-electron chi connectivity index (χ4n) is 4.08. The summed E-state index contributed by atoms with van der Waals surface area (Å²) >= 11 is 5.95. The molecule has 0 bridgehead atoms. The largest absolute Gasteiger partial charge is 0.270 e. The highest BCUT2D eigenvalue weighted by atomic mass is 35.5. The number of aryl methyl sites for hydroxylation is 1. The van der Waals surface area contributed by atoms with E-state index in [0.717, 1.165) is 36.8 Å². The van der Waals surface area contributed by atoms with Crippen LogP contribution in [0.15, 0.2) is 84.0 Å². The van der Waals surface area contributed by atoms with Crippen LogP contribution >= 0.6 is 11.6 Å². The Bertz CT molecular complexity index is 1610. The normalized spacial score (nSPS) is 11.8. The third-order valence-corrected chi connectivity index (χ3v) is 7.45. The first kappa shape index (κ1) is 23.3. The van der Waals surface area contributed by atoms with Gasteiger partial charge in [-0.2, -0.15) is 4.57 Å². The maximum Gasteiger partial charge on any atom is 0.270 e. The molecule has 5 aromatic rings. The molecule has 0 saturated carbocycles. The topological polar surface area (TPSA) is 80.8 Å². The number of halogens is 1. The van der Waals surface area contributed by atoms with Crippen LogP contribution in [0.1, 0.15) is 26.2 Å². The number of hydrogen-bond acceptors (Lipinski definition) is 4. The van der Waals surface area contributed by atoms with Crippen LogP contribution in [0.3, 0.4) is 0 Å². The van der Waals surface area contributed by atoms with Gasteiger partial charge in [0.2, 0.25) is 5.82 Å². The molecule has 1 N–H and O–H groups in total. The molecular weight excluding hydrogens is 482 g/mol. The van der Waals surface area contributed by atoms with Gasteiger partial charge in [0.05, 0.1) is 22.5 Å². The number of imidazole rings is 1. The van der Waals surface area contributed by atoms with E-state index in [1.807, 2.05) is 53.4 Å². The molecule has 0 atom stereocenters. The second kappa shape index (κ2) is 9.64. The Kier molecular flexibility index (Phi) is 6.40. The molecule has 35 heavy (non-hydrogen) atoms. The van der Waals surface area contributed by atoms with Gasteiger partial charge in [-0.3, -0.25) is 4.72 Å². The number of fused-ring (bicyclic) bond motifs is 2. The lowest BCUT2D eigenvalue weighted by molar-refractivity contribution is -0.672. The van der Waals surface area contributed by atoms with Gasteiger partial charge in [0.1, 0.15) is 0 Å². The lowest BCUT2D eigenvalue weighted by Gasteiger charge is -2.11. The summed E-state index contributed by atoms with van der Waals surface area (Å²) in [7, 11) is -3.92. The maximum atomic E-state index is 13.2. The van der Waals surface area contributed by atoms with E-state index in [2.05, 4.69) is 27.3 Å². The Labute approximate surface area is 209 Å². The molecule has 0 saturated heterocycles. The quantitative estimate of drug-likeness (QED) is 0.222. The minimum absolute atomic E-state index is 0.0924. The summed E-state index contributed by atoms with van der Waals surface area (Å²) in [6.07, 6.45) is 5.29. The van der Waals surface area contributed by atoms with Gasteiger partial charge in [-0.1, -0.05) is 49.2 Å². The van der Waals surface area contributed by atoms with E-state index >= 15 is 0 Å². The van der Waals surface area contributed by atoms with E-state index in [-0.39, 0.29) is 10.7 Å². The number of aromatic nitrogens is 4. The average molecular weight is 507 g/mol. The Morgan fingerprint density at radius 1 is 0.914 bits per heavy atom. The summed E-state index contributed by atoms with van der Waals surface area (Å²) in [6.45, 7) is 3.03. The Morgan fingerprint density at radius 2 is 1.60 bits per heavy atom. The van der Waals surface area contributed by atoms with Crippen molar-refractivity contribution in [3.63, 3.8) is 0 Å². The van der Waals surface area contributed by atoms with Crippen molar-refractivity contribution in [2.45, 2.75) is 37.6 Å². The number of rotatable bonds is 8. The van der Waals surface area contributed by atoms with Crippen LogP contribution in [0.5, 0.6) is 0 Å². The van der Waals surface area contributed by atoms with Crippen LogP contribution in [0.25, 0.3) is 27.9 Å². The molecule has 2 aromatic heterocycles. The molecule has 0 unspecified atom stereocenters. The van der Waals surface area contributed by atoms with Gasteiger partial charge in [0.25, 0.3) is 22.2 Å². The highest BCUT2D eigenvalue weighted by Gasteiger charge is 2.25. The zero-order valence-electron chi connectivity index (χ0n) is 19.2. The Hall–Kier alpha value is -3.49. The molecule has 2 heterocycles.